The number of ether oxygens (including phenoxy) is 3. The first kappa shape index (κ1) is 14.7. The third-order valence-corrected chi connectivity index (χ3v) is 2.48. The van der Waals surface area contributed by atoms with Crippen LogP contribution in [0, 0.1) is 0 Å². The minimum absolute atomic E-state index is 0.232. The van der Waals surface area contributed by atoms with Crippen LogP contribution in [-0.4, -0.2) is 32.6 Å². The van der Waals surface area contributed by atoms with Gasteiger partial charge in [0.2, 0.25) is 0 Å². The fraction of sp³-hybridized carbons (Fsp3) is 0.500. The van der Waals surface area contributed by atoms with Crippen molar-refractivity contribution in [1.29, 1.82) is 0 Å². The lowest BCUT2D eigenvalue weighted by molar-refractivity contribution is -0.134. The molecule has 1 rings (SSSR count). The summed E-state index contributed by atoms with van der Waals surface area (Å²) in [6.07, 6.45) is 0.437. The highest BCUT2D eigenvalue weighted by Crippen LogP contribution is 2.10. The molecule has 0 spiro atoms. The van der Waals surface area contributed by atoms with Gasteiger partial charge in [-0.2, -0.15) is 0 Å². The fourth-order valence-electron chi connectivity index (χ4n) is 1.62. The molecule has 0 fully saturated rings. The Balaban J connectivity index is 2.63. The maximum atomic E-state index is 11.3. The van der Waals surface area contributed by atoms with E-state index in [2.05, 4.69) is 4.74 Å². The van der Waals surface area contributed by atoms with E-state index in [4.69, 9.17) is 9.47 Å². The second-order valence-corrected chi connectivity index (χ2v) is 3.73. The molecule has 1 aromatic rings. The Bertz CT molecular complexity index is 353. The van der Waals surface area contributed by atoms with Gasteiger partial charge in [-0.1, -0.05) is 12.1 Å². The molecule has 0 amide bonds. The van der Waals surface area contributed by atoms with E-state index in [9.17, 15) is 4.79 Å². The summed E-state index contributed by atoms with van der Waals surface area (Å²) in [5, 5.41) is 0. The standard InChI is InChI=1S/C14H20O4/c1-4-17-13(18-5-2)10-11-6-8-12(9-7-11)14(15)16-3/h6-9,13H,4-5,10H2,1-3H3. The molecule has 0 saturated heterocycles. The second kappa shape index (κ2) is 7.84. The zero-order valence-electron chi connectivity index (χ0n) is 11.1. The van der Waals surface area contributed by atoms with Crippen LogP contribution in [0.25, 0.3) is 0 Å². The molecule has 4 heteroatoms. The predicted molar refractivity (Wildman–Crippen MR) is 68.5 cm³/mol. The summed E-state index contributed by atoms with van der Waals surface area (Å²) in [5.74, 6) is -0.326. The van der Waals surface area contributed by atoms with Crippen molar-refractivity contribution in [3.05, 3.63) is 35.4 Å². The first-order valence-electron chi connectivity index (χ1n) is 6.11. The number of rotatable bonds is 7. The highest BCUT2D eigenvalue weighted by molar-refractivity contribution is 5.89. The van der Waals surface area contributed by atoms with Gasteiger partial charge in [0, 0.05) is 19.6 Å². The number of benzene rings is 1. The van der Waals surface area contributed by atoms with Crippen LogP contribution in [0.1, 0.15) is 29.8 Å². The van der Waals surface area contributed by atoms with Gasteiger partial charge in [-0.25, -0.2) is 4.79 Å². The van der Waals surface area contributed by atoms with Crippen molar-refractivity contribution in [3.63, 3.8) is 0 Å². The van der Waals surface area contributed by atoms with Crippen molar-refractivity contribution in [2.75, 3.05) is 20.3 Å². The Hall–Kier alpha value is -1.39. The lowest BCUT2D eigenvalue weighted by Gasteiger charge is -2.16. The molecule has 0 bridgehead atoms. The monoisotopic (exact) mass is 252 g/mol. The molecular formula is C14H20O4. The summed E-state index contributed by atoms with van der Waals surface area (Å²) >= 11 is 0. The van der Waals surface area contributed by atoms with Gasteiger partial charge in [0.15, 0.2) is 6.29 Å². The number of hydrogen-bond acceptors (Lipinski definition) is 4. The molecule has 0 saturated carbocycles. The van der Waals surface area contributed by atoms with Crippen LogP contribution >= 0.6 is 0 Å². The van der Waals surface area contributed by atoms with Gasteiger partial charge in [-0.15, -0.1) is 0 Å². The number of carbonyl (C=O) groups is 1. The molecular weight excluding hydrogens is 232 g/mol. The molecule has 0 aromatic heterocycles. The normalized spacial score (nSPS) is 10.7. The summed E-state index contributed by atoms with van der Waals surface area (Å²) in [4.78, 5) is 11.3. The quantitative estimate of drug-likeness (QED) is 0.552. The van der Waals surface area contributed by atoms with Crippen LogP contribution in [0.15, 0.2) is 24.3 Å². The van der Waals surface area contributed by atoms with Crippen molar-refractivity contribution in [2.24, 2.45) is 0 Å². The van der Waals surface area contributed by atoms with Crippen molar-refractivity contribution >= 4 is 5.97 Å². The van der Waals surface area contributed by atoms with Crippen molar-refractivity contribution in [3.8, 4) is 0 Å². The van der Waals surface area contributed by atoms with E-state index in [1.807, 2.05) is 26.0 Å². The molecule has 0 unspecified atom stereocenters. The van der Waals surface area contributed by atoms with Gasteiger partial charge < -0.3 is 14.2 Å². The van der Waals surface area contributed by atoms with Crippen LogP contribution in [-0.2, 0) is 20.6 Å². The Morgan fingerprint density at radius 3 is 2.11 bits per heavy atom. The van der Waals surface area contributed by atoms with Gasteiger partial charge in [0.1, 0.15) is 0 Å². The van der Waals surface area contributed by atoms with E-state index in [0.29, 0.717) is 25.2 Å². The van der Waals surface area contributed by atoms with Crippen LogP contribution in [0.2, 0.25) is 0 Å². The third kappa shape index (κ3) is 4.47. The summed E-state index contributed by atoms with van der Waals surface area (Å²) in [5.41, 5.74) is 1.61. The second-order valence-electron chi connectivity index (χ2n) is 3.73. The summed E-state index contributed by atoms with van der Waals surface area (Å²) in [7, 11) is 1.37. The molecule has 0 aliphatic rings. The average Bonchev–Trinajstić information content (AvgIpc) is 2.39. The van der Waals surface area contributed by atoms with Gasteiger partial charge in [0.05, 0.1) is 12.7 Å². The number of methoxy groups -OCH3 is 1. The minimum Gasteiger partial charge on any atom is -0.465 e. The molecule has 100 valence electrons. The molecule has 0 N–H and O–H groups in total. The SMILES string of the molecule is CCOC(Cc1ccc(C(=O)OC)cc1)OCC. The highest BCUT2D eigenvalue weighted by Gasteiger charge is 2.10. The van der Waals surface area contributed by atoms with Crippen molar-refractivity contribution in [1.82, 2.24) is 0 Å². The molecule has 0 aliphatic heterocycles. The summed E-state index contributed by atoms with van der Waals surface area (Å²) < 4.78 is 15.6. The molecule has 0 aliphatic carbocycles. The van der Waals surface area contributed by atoms with Crippen molar-refractivity contribution < 1.29 is 19.0 Å². The van der Waals surface area contributed by atoms with Gasteiger partial charge >= 0.3 is 5.97 Å². The van der Waals surface area contributed by atoms with Crippen LogP contribution in [0.3, 0.4) is 0 Å². The average molecular weight is 252 g/mol. The van der Waals surface area contributed by atoms with E-state index in [1.165, 1.54) is 7.11 Å². The topological polar surface area (TPSA) is 44.8 Å². The fourth-order valence-corrected chi connectivity index (χ4v) is 1.62. The van der Waals surface area contributed by atoms with E-state index >= 15 is 0 Å². The first-order valence-corrected chi connectivity index (χ1v) is 6.11. The van der Waals surface area contributed by atoms with Crippen LogP contribution in [0.5, 0.6) is 0 Å². The zero-order valence-corrected chi connectivity index (χ0v) is 11.1. The van der Waals surface area contributed by atoms with Crippen molar-refractivity contribution in [2.45, 2.75) is 26.6 Å². The lowest BCUT2D eigenvalue weighted by atomic mass is 10.1. The number of hydrogen-bond donors (Lipinski definition) is 0. The van der Waals surface area contributed by atoms with Crippen LogP contribution < -0.4 is 0 Å². The Morgan fingerprint density at radius 2 is 1.67 bits per heavy atom. The van der Waals surface area contributed by atoms with E-state index in [1.54, 1.807) is 12.1 Å². The van der Waals surface area contributed by atoms with E-state index in [0.717, 1.165) is 5.56 Å². The molecule has 18 heavy (non-hydrogen) atoms. The maximum absolute atomic E-state index is 11.3. The summed E-state index contributed by atoms with van der Waals surface area (Å²) in [6.45, 7) is 5.11. The van der Waals surface area contributed by atoms with Gasteiger partial charge in [-0.05, 0) is 31.5 Å². The lowest BCUT2D eigenvalue weighted by Crippen LogP contribution is -2.20. The zero-order chi connectivity index (χ0) is 13.4. The Morgan fingerprint density at radius 1 is 1.11 bits per heavy atom. The van der Waals surface area contributed by atoms with Gasteiger partial charge in [0.25, 0.3) is 0 Å². The smallest absolute Gasteiger partial charge is 0.337 e. The Kier molecular flexibility index (Phi) is 6.39. The highest BCUT2D eigenvalue weighted by atomic mass is 16.7. The number of esters is 1. The maximum Gasteiger partial charge on any atom is 0.337 e. The largest absolute Gasteiger partial charge is 0.465 e. The summed E-state index contributed by atoms with van der Waals surface area (Å²) in [6, 6.07) is 7.26. The molecule has 0 radical (unpaired) electrons. The molecule has 1 aromatic carbocycles. The molecule has 4 nitrogen and oxygen atoms in total. The molecule has 0 atom stereocenters. The van der Waals surface area contributed by atoms with E-state index in [-0.39, 0.29) is 12.3 Å². The minimum atomic E-state index is -0.326. The first-order chi connectivity index (χ1) is 8.71. The molecule has 0 heterocycles. The Labute approximate surface area is 108 Å². The van der Waals surface area contributed by atoms with E-state index < -0.39 is 0 Å². The predicted octanol–water partition coefficient (Wildman–Crippen LogP) is 2.41. The van der Waals surface area contributed by atoms with Gasteiger partial charge in [-0.3, -0.25) is 0 Å². The number of carbonyl (C=O) groups excluding carboxylic acids is 1. The van der Waals surface area contributed by atoms with Crippen LogP contribution in [0.4, 0.5) is 0 Å². The third-order valence-electron chi connectivity index (χ3n) is 2.48.